The quantitative estimate of drug-likeness (QED) is 0.349. The number of benzene rings is 3. The number of carbonyl (C=O) groups is 2. The molecule has 2 heterocycles. The summed E-state index contributed by atoms with van der Waals surface area (Å²) in [7, 11) is 0. The van der Waals surface area contributed by atoms with E-state index in [-0.39, 0.29) is 17.6 Å². The average Bonchev–Trinajstić information content (AvgIpc) is 3.06. The van der Waals surface area contributed by atoms with E-state index < -0.39 is 0 Å². The van der Waals surface area contributed by atoms with Crippen molar-refractivity contribution in [3.63, 3.8) is 0 Å². The fourth-order valence-electron chi connectivity index (χ4n) is 6.14. The number of fused-ring (bicyclic) bond motifs is 1. The highest BCUT2D eigenvalue weighted by Gasteiger charge is 2.25. The van der Waals surface area contributed by atoms with Crippen molar-refractivity contribution in [2.24, 2.45) is 0 Å². The second kappa shape index (κ2) is 14.5. The van der Waals surface area contributed by atoms with Crippen molar-refractivity contribution in [3.05, 3.63) is 89.2 Å². The fraction of sp³-hybridized carbons (Fsp3) is 0.429. The summed E-state index contributed by atoms with van der Waals surface area (Å²) in [6, 6.07) is 20.3. The van der Waals surface area contributed by atoms with Gasteiger partial charge in [0.2, 0.25) is 5.91 Å². The van der Waals surface area contributed by atoms with E-state index in [1.165, 1.54) is 18.6 Å². The van der Waals surface area contributed by atoms with Crippen LogP contribution in [0.25, 0.3) is 0 Å². The van der Waals surface area contributed by atoms with Crippen LogP contribution < -0.4 is 14.5 Å². The van der Waals surface area contributed by atoms with Crippen LogP contribution in [0, 0.1) is 5.82 Å². The first kappa shape index (κ1) is 30.5. The van der Waals surface area contributed by atoms with Gasteiger partial charge in [-0.3, -0.25) is 14.5 Å². The molecule has 5 rings (SSSR count). The van der Waals surface area contributed by atoms with Gasteiger partial charge in [-0.1, -0.05) is 30.3 Å². The van der Waals surface area contributed by atoms with Gasteiger partial charge in [0.25, 0.3) is 5.91 Å². The lowest BCUT2D eigenvalue weighted by atomic mass is 10.1. The Bertz CT molecular complexity index is 1390. The SMILES string of the molecule is CCOc1ccc(C(=O)N2CCN(Cc3ccc(F)cc3)CCCN(C(C)=O)c3ccccc3C2)cc1N1CCCCC1. The maximum Gasteiger partial charge on any atom is 0.254 e. The van der Waals surface area contributed by atoms with E-state index in [0.717, 1.165) is 67.1 Å². The molecule has 0 radical (unpaired) electrons. The Morgan fingerprint density at radius 1 is 0.814 bits per heavy atom. The van der Waals surface area contributed by atoms with E-state index in [4.69, 9.17) is 4.74 Å². The smallest absolute Gasteiger partial charge is 0.254 e. The monoisotopic (exact) mass is 586 g/mol. The van der Waals surface area contributed by atoms with Gasteiger partial charge >= 0.3 is 0 Å². The standard InChI is InChI=1S/C35H43FN4O3/c1-3-43-34-17-14-29(24-33(34)38-19-7-4-8-20-38)35(42)39-23-22-37(25-28-12-15-31(36)16-13-28)18-9-21-40(27(2)41)32-11-6-5-10-30(32)26-39/h5-6,10-17,24H,3-4,7-9,18-23,25-26H2,1-2H3. The molecule has 0 unspecified atom stereocenters. The summed E-state index contributed by atoms with van der Waals surface area (Å²) in [5.41, 5.74) is 4.41. The molecule has 43 heavy (non-hydrogen) atoms. The fourth-order valence-corrected chi connectivity index (χ4v) is 6.14. The number of amides is 2. The van der Waals surface area contributed by atoms with Crippen LogP contribution in [0.15, 0.2) is 66.7 Å². The van der Waals surface area contributed by atoms with E-state index in [1.807, 2.05) is 71.3 Å². The Labute approximate surface area is 254 Å². The summed E-state index contributed by atoms with van der Waals surface area (Å²) >= 11 is 0. The van der Waals surface area contributed by atoms with Gasteiger partial charge in [-0.15, -0.1) is 0 Å². The number of halogens is 1. The Balaban J connectivity index is 1.47. The summed E-state index contributed by atoms with van der Waals surface area (Å²) in [6.45, 7) is 9.56. The number of hydrogen-bond donors (Lipinski definition) is 0. The van der Waals surface area contributed by atoms with Crippen LogP contribution >= 0.6 is 0 Å². The molecule has 0 aromatic heterocycles. The Morgan fingerprint density at radius 2 is 1.58 bits per heavy atom. The minimum Gasteiger partial charge on any atom is -0.492 e. The van der Waals surface area contributed by atoms with Gasteiger partial charge in [0, 0.05) is 70.5 Å². The van der Waals surface area contributed by atoms with Gasteiger partial charge in [0.15, 0.2) is 0 Å². The Kier molecular flexibility index (Phi) is 10.3. The number of ether oxygens (including phenoxy) is 1. The Hall–Kier alpha value is -3.91. The lowest BCUT2D eigenvalue weighted by Gasteiger charge is -2.31. The van der Waals surface area contributed by atoms with E-state index in [1.54, 1.807) is 6.92 Å². The number of piperidine rings is 1. The number of para-hydroxylation sites is 1. The van der Waals surface area contributed by atoms with Crippen LogP contribution in [0.5, 0.6) is 5.75 Å². The zero-order chi connectivity index (χ0) is 30.2. The second-order valence-corrected chi connectivity index (χ2v) is 11.4. The number of carbonyl (C=O) groups excluding carboxylic acids is 2. The molecule has 0 atom stereocenters. The lowest BCUT2D eigenvalue weighted by Crippen LogP contribution is -2.38. The van der Waals surface area contributed by atoms with E-state index in [9.17, 15) is 14.0 Å². The van der Waals surface area contributed by atoms with Crippen LogP contribution in [0.3, 0.4) is 0 Å². The van der Waals surface area contributed by atoms with Crippen LogP contribution in [0.1, 0.15) is 61.0 Å². The van der Waals surface area contributed by atoms with Gasteiger partial charge < -0.3 is 19.4 Å². The summed E-state index contributed by atoms with van der Waals surface area (Å²) in [6.07, 6.45) is 4.26. The van der Waals surface area contributed by atoms with Crippen LogP contribution in [0.4, 0.5) is 15.8 Å². The van der Waals surface area contributed by atoms with Gasteiger partial charge in [0.05, 0.1) is 12.3 Å². The molecule has 0 saturated carbocycles. The molecule has 228 valence electrons. The Morgan fingerprint density at radius 3 is 2.33 bits per heavy atom. The number of rotatable bonds is 6. The molecular weight excluding hydrogens is 543 g/mol. The highest BCUT2D eigenvalue weighted by atomic mass is 19.1. The average molecular weight is 587 g/mol. The third-order valence-corrected chi connectivity index (χ3v) is 8.38. The van der Waals surface area contributed by atoms with E-state index >= 15 is 0 Å². The van der Waals surface area contributed by atoms with Crippen molar-refractivity contribution in [1.82, 2.24) is 9.80 Å². The van der Waals surface area contributed by atoms with Gasteiger partial charge in [-0.25, -0.2) is 4.39 Å². The molecule has 2 aliphatic heterocycles. The minimum atomic E-state index is -0.257. The van der Waals surface area contributed by atoms with Crippen LogP contribution in [-0.2, 0) is 17.9 Å². The molecule has 2 amide bonds. The molecule has 7 nitrogen and oxygen atoms in total. The number of hydrogen-bond acceptors (Lipinski definition) is 5. The summed E-state index contributed by atoms with van der Waals surface area (Å²) in [5.74, 6) is 0.484. The highest BCUT2D eigenvalue weighted by Crippen LogP contribution is 2.33. The number of nitrogens with zero attached hydrogens (tertiary/aromatic N) is 4. The lowest BCUT2D eigenvalue weighted by molar-refractivity contribution is -0.116. The van der Waals surface area contributed by atoms with Gasteiger partial charge in [-0.05, 0) is 80.1 Å². The second-order valence-electron chi connectivity index (χ2n) is 11.4. The predicted molar refractivity (Wildman–Crippen MR) is 169 cm³/mol. The molecule has 1 fully saturated rings. The van der Waals surface area contributed by atoms with E-state index in [0.29, 0.717) is 44.9 Å². The van der Waals surface area contributed by atoms with Crippen molar-refractivity contribution >= 4 is 23.2 Å². The predicted octanol–water partition coefficient (Wildman–Crippen LogP) is 6.12. The largest absolute Gasteiger partial charge is 0.492 e. The van der Waals surface area contributed by atoms with Crippen molar-refractivity contribution in [3.8, 4) is 5.75 Å². The van der Waals surface area contributed by atoms with Gasteiger partial charge in [-0.2, -0.15) is 0 Å². The maximum atomic E-state index is 14.3. The van der Waals surface area contributed by atoms with Gasteiger partial charge in [0.1, 0.15) is 11.6 Å². The van der Waals surface area contributed by atoms with Crippen molar-refractivity contribution < 1.29 is 18.7 Å². The number of anilines is 2. The molecule has 3 aromatic rings. The molecule has 8 heteroatoms. The molecular formula is C35H43FN4O3. The summed E-state index contributed by atoms with van der Waals surface area (Å²) < 4.78 is 19.6. The zero-order valence-electron chi connectivity index (χ0n) is 25.4. The third-order valence-electron chi connectivity index (χ3n) is 8.38. The third kappa shape index (κ3) is 7.73. The zero-order valence-corrected chi connectivity index (χ0v) is 25.4. The first-order valence-electron chi connectivity index (χ1n) is 15.6. The molecule has 0 bridgehead atoms. The highest BCUT2D eigenvalue weighted by molar-refractivity contribution is 5.96. The maximum absolute atomic E-state index is 14.3. The molecule has 3 aromatic carbocycles. The minimum absolute atomic E-state index is 0.0210. The molecule has 0 aliphatic carbocycles. The summed E-state index contributed by atoms with van der Waals surface area (Å²) in [4.78, 5) is 35.5. The molecule has 1 saturated heterocycles. The van der Waals surface area contributed by atoms with Crippen LogP contribution in [-0.4, -0.2) is 67.5 Å². The molecule has 2 aliphatic rings. The first-order valence-corrected chi connectivity index (χ1v) is 15.6. The molecule has 0 spiro atoms. The first-order chi connectivity index (χ1) is 20.9. The topological polar surface area (TPSA) is 56.3 Å². The molecule has 0 N–H and O–H groups in total. The van der Waals surface area contributed by atoms with Crippen molar-refractivity contribution in [2.45, 2.75) is 52.6 Å². The summed E-state index contributed by atoms with van der Waals surface area (Å²) in [5, 5.41) is 0. The van der Waals surface area contributed by atoms with Crippen LogP contribution in [0.2, 0.25) is 0 Å². The van der Waals surface area contributed by atoms with Crippen molar-refractivity contribution in [2.75, 3.05) is 55.7 Å². The normalized spacial score (nSPS) is 16.8. The van der Waals surface area contributed by atoms with Crippen molar-refractivity contribution in [1.29, 1.82) is 0 Å². The van der Waals surface area contributed by atoms with E-state index in [2.05, 4.69) is 9.80 Å².